The molecule has 1 aliphatic rings. The minimum Gasteiger partial charge on any atom is -0.357 e. The SMILES string of the molecule is Fc1ccc(SCCCC2Cc3[nH]c4c(Br)ccc(-c5ccc(Cl)cc5)c4c3CN2)cc1. The first-order valence-electron chi connectivity index (χ1n) is 10.8. The van der Waals surface area contributed by atoms with Crippen molar-refractivity contribution in [3.8, 4) is 11.1 Å². The van der Waals surface area contributed by atoms with Gasteiger partial charge in [0.25, 0.3) is 0 Å². The molecule has 0 aliphatic carbocycles. The Morgan fingerprint density at radius 1 is 1.03 bits per heavy atom. The lowest BCUT2D eigenvalue weighted by Gasteiger charge is -2.24. The van der Waals surface area contributed by atoms with Gasteiger partial charge < -0.3 is 10.3 Å². The average Bonchev–Trinajstić information content (AvgIpc) is 3.19. The maximum absolute atomic E-state index is 13.0. The molecule has 4 aromatic rings. The van der Waals surface area contributed by atoms with Gasteiger partial charge in [-0.15, -0.1) is 11.8 Å². The monoisotopic (exact) mass is 528 g/mol. The van der Waals surface area contributed by atoms with Crippen LogP contribution >= 0.6 is 39.3 Å². The van der Waals surface area contributed by atoms with Crippen LogP contribution in [0.4, 0.5) is 4.39 Å². The van der Waals surface area contributed by atoms with Gasteiger partial charge in [-0.05, 0) is 93.7 Å². The summed E-state index contributed by atoms with van der Waals surface area (Å²) in [6.07, 6.45) is 3.24. The van der Waals surface area contributed by atoms with Crippen LogP contribution in [-0.2, 0) is 13.0 Å². The first-order valence-corrected chi connectivity index (χ1v) is 12.9. The summed E-state index contributed by atoms with van der Waals surface area (Å²) in [7, 11) is 0. The van der Waals surface area contributed by atoms with Gasteiger partial charge in [0.05, 0.1) is 5.52 Å². The molecule has 6 heteroatoms. The number of H-pyrrole nitrogens is 1. The van der Waals surface area contributed by atoms with E-state index in [4.69, 9.17) is 11.6 Å². The number of fused-ring (bicyclic) bond motifs is 3. The molecule has 5 rings (SSSR count). The highest BCUT2D eigenvalue weighted by atomic mass is 79.9. The summed E-state index contributed by atoms with van der Waals surface area (Å²) >= 11 is 11.6. The molecule has 1 unspecified atom stereocenters. The zero-order valence-corrected chi connectivity index (χ0v) is 20.6. The summed E-state index contributed by atoms with van der Waals surface area (Å²) < 4.78 is 14.1. The minimum absolute atomic E-state index is 0.180. The van der Waals surface area contributed by atoms with Gasteiger partial charge in [0.1, 0.15) is 5.82 Å². The van der Waals surface area contributed by atoms with Gasteiger partial charge in [-0.2, -0.15) is 0 Å². The zero-order chi connectivity index (χ0) is 22.1. The highest BCUT2D eigenvalue weighted by Crippen LogP contribution is 2.39. The van der Waals surface area contributed by atoms with Crippen molar-refractivity contribution in [1.29, 1.82) is 0 Å². The van der Waals surface area contributed by atoms with E-state index < -0.39 is 0 Å². The molecule has 0 spiro atoms. The van der Waals surface area contributed by atoms with Crippen LogP contribution in [0.5, 0.6) is 0 Å². The van der Waals surface area contributed by atoms with Crippen LogP contribution in [-0.4, -0.2) is 16.8 Å². The number of nitrogens with one attached hydrogen (secondary N) is 2. The molecular weight excluding hydrogens is 507 g/mol. The van der Waals surface area contributed by atoms with Crippen LogP contribution in [0.3, 0.4) is 0 Å². The fourth-order valence-corrected chi connectivity index (χ4v) is 5.88. The maximum atomic E-state index is 13.0. The number of aromatic amines is 1. The Morgan fingerprint density at radius 2 is 1.81 bits per heavy atom. The van der Waals surface area contributed by atoms with Gasteiger partial charge in [0.2, 0.25) is 0 Å². The first kappa shape index (κ1) is 22.0. The van der Waals surface area contributed by atoms with Crippen molar-refractivity contribution < 1.29 is 4.39 Å². The second kappa shape index (κ2) is 9.60. The first-order chi connectivity index (χ1) is 15.6. The predicted octanol–water partition coefficient (Wildman–Crippen LogP) is 7.98. The number of halogens is 3. The summed E-state index contributed by atoms with van der Waals surface area (Å²) in [5, 5.41) is 5.79. The van der Waals surface area contributed by atoms with E-state index >= 15 is 0 Å². The van der Waals surface area contributed by atoms with Crippen molar-refractivity contribution in [3.05, 3.63) is 87.2 Å². The number of hydrogen-bond donors (Lipinski definition) is 2. The smallest absolute Gasteiger partial charge is 0.123 e. The van der Waals surface area contributed by atoms with E-state index in [1.54, 1.807) is 11.8 Å². The quantitative estimate of drug-likeness (QED) is 0.196. The van der Waals surface area contributed by atoms with Crippen LogP contribution in [0.1, 0.15) is 24.1 Å². The lowest BCUT2D eigenvalue weighted by molar-refractivity contribution is 0.447. The van der Waals surface area contributed by atoms with Crippen LogP contribution in [0.15, 0.2) is 70.0 Å². The summed E-state index contributed by atoms with van der Waals surface area (Å²) in [5.41, 5.74) is 6.26. The molecule has 0 fully saturated rings. The highest BCUT2D eigenvalue weighted by Gasteiger charge is 2.24. The van der Waals surface area contributed by atoms with Crippen molar-refractivity contribution in [3.63, 3.8) is 0 Å². The van der Waals surface area contributed by atoms with Crippen LogP contribution in [0.25, 0.3) is 22.0 Å². The molecule has 2 heterocycles. The summed E-state index contributed by atoms with van der Waals surface area (Å²) in [6.45, 7) is 0.863. The molecule has 1 aliphatic heterocycles. The highest BCUT2D eigenvalue weighted by molar-refractivity contribution is 9.10. The Hall–Kier alpha value is -1.79. The fourth-order valence-electron chi connectivity index (χ4n) is 4.45. The van der Waals surface area contributed by atoms with Gasteiger partial charge in [0.15, 0.2) is 0 Å². The van der Waals surface area contributed by atoms with Gasteiger partial charge in [-0.3, -0.25) is 0 Å². The molecule has 1 atom stereocenters. The lowest BCUT2D eigenvalue weighted by atomic mass is 9.94. The molecule has 1 aromatic heterocycles. The van der Waals surface area contributed by atoms with Gasteiger partial charge >= 0.3 is 0 Å². The predicted molar refractivity (Wildman–Crippen MR) is 137 cm³/mol. The third-order valence-electron chi connectivity index (χ3n) is 6.05. The third kappa shape index (κ3) is 4.62. The van der Waals surface area contributed by atoms with E-state index in [0.29, 0.717) is 6.04 Å². The Kier molecular flexibility index (Phi) is 6.61. The van der Waals surface area contributed by atoms with Crippen molar-refractivity contribution in [2.24, 2.45) is 0 Å². The Labute approximate surface area is 205 Å². The third-order valence-corrected chi connectivity index (χ3v) is 8.06. The van der Waals surface area contributed by atoms with E-state index in [-0.39, 0.29) is 5.82 Å². The molecule has 0 saturated heterocycles. The van der Waals surface area contributed by atoms with Crippen LogP contribution in [0, 0.1) is 5.82 Å². The van der Waals surface area contributed by atoms with Crippen molar-refractivity contribution in [2.75, 3.05) is 5.75 Å². The normalized spacial score (nSPS) is 15.8. The molecule has 2 N–H and O–H groups in total. The van der Waals surface area contributed by atoms with Crippen molar-refractivity contribution in [1.82, 2.24) is 10.3 Å². The van der Waals surface area contributed by atoms with Gasteiger partial charge in [-0.1, -0.05) is 29.8 Å². The zero-order valence-electron chi connectivity index (χ0n) is 17.4. The second-order valence-electron chi connectivity index (χ2n) is 8.16. The topological polar surface area (TPSA) is 27.8 Å². The van der Waals surface area contributed by atoms with E-state index in [2.05, 4.69) is 50.5 Å². The Balaban J connectivity index is 1.30. The molecule has 164 valence electrons. The average molecular weight is 530 g/mol. The standard InChI is InChI=1S/C26H23BrClFN2S/c27-23-12-11-21(16-3-5-17(28)6-4-16)25-22-15-30-19(14-24(22)31-26(23)25)2-1-13-32-20-9-7-18(29)8-10-20/h3-12,19,30-31H,1-2,13-15H2. The van der Waals surface area contributed by atoms with Gasteiger partial charge in [-0.25, -0.2) is 4.39 Å². The number of aromatic nitrogens is 1. The van der Waals surface area contributed by atoms with E-state index in [9.17, 15) is 4.39 Å². The summed E-state index contributed by atoms with van der Waals surface area (Å²) in [6, 6.07) is 19.6. The van der Waals surface area contributed by atoms with E-state index in [1.165, 1.54) is 39.9 Å². The number of thioether (sulfide) groups is 1. The molecule has 0 amide bonds. The molecule has 0 saturated carbocycles. The Bertz CT molecular complexity index is 1240. The van der Waals surface area contributed by atoms with Crippen molar-refractivity contribution >= 4 is 50.2 Å². The fraction of sp³-hybridized carbons (Fsp3) is 0.231. The minimum atomic E-state index is -0.180. The Morgan fingerprint density at radius 3 is 2.59 bits per heavy atom. The van der Waals surface area contributed by atoms with Crippen molar-refractivity contribution in [2.45, 2.75) is 36.7 Å². The molecule has 2 nitrogen and oxygen atoms in total. The summed E-state index contributed by atoms with van der Waals surface area (Å²) in [5.74, 6) is 0.857. The van der Waals surface area contributed by atoms with E-state index in [0.717, 1.165) is 51.5 Å². The summed E-state index contributed by atoms with van der Waals surface area (Å²) in [4.78, 5) is 4.83. The van der Waals surface area contributed by atoms with E-state index in [1.807, 2.05) is 24.3 Å². The number of rotatable bonds is 6. The molecule has 32 heavy (non-hydrogen) atoms. The maximum Gasteiger partial charge on any atom is 0.123 e. The largest absolute Gasteiger partial charge is 0.357 e. The lowest BCUT2D eigenvalue weighted by Crippen LogP contribution is -2.35. The number of hydrogen-bond acceptors (Lipinski definition) is 2. The molecular formula is C26H23BrClFN2S. The molecule has 0 bridgehead atoms. The van der Waals surface area contributed by atoms with Crippen LogP contribution in [0.2, 0.25) is 5.02 Å². The molecule has 3 aromatic carbocycles. The van der Waals surface area contributed by atoms with Gasteiger partial charge in [0, 0.05) is 44.5 Å². The molecule has 0 radical (unpaired) electrons. The number of benzene rings is 3. The van der Waals surface area contributed by atoms with Crippen LogP contribution < -0.4 is 5.32 Å². The second-order valence-corrected chi connectivity index (χ2v) is 10.6.